The summed E-state index contributed by atoms with van der Waals surface area (Å²) in [6.45, 7) is 10.1. The van der Waals surface area contributed by atoms with Gasteiger partial charge in [-0.3, -0.25) is 0 Å². The maximum Gasteiger partial charge on any atom is 0.0981 e. The summed E-state index contributed by atoms with van der Waals surface area (Å²) in [5.41, 5.74) is 0.180. The smallest absolute Gasteiger partial charge is 0.0981 e. The Morgan fingerprint density at radius 1 is 1.35 bits per heavy atom. The van der Waals surface area contributed by atoms with Crippen molar-refractivity contribution in [1.82, 2.24) is 10.3 Å². The Kier molecular flexibility index (Phi) is 3.93. The Labute approximate surface area is 127 Å². The van der Waals surface area contributed by atoms with Gasteiger partial charge >= 0.3 is 0 Å². The predicted octanol–water partition coefficient (Wildman–Crippen LogP) is 4.35. The molecule has 0 aliphatic heterocycles. The molecule has 3 rings (SSSR count). The van der Waals surface area contributed by atoms with Crippen LogP contribution in [0.5, 0.6) is 0 Å². The molecule has 2 fully saturated rings. The van der Waals surface area contributed by atoms with E-state index in [1.54, 1.807) is 0 Å². The molecule has 2 aliphatic carbocycles. The van der Waals surface area contributed by atoms with Crippen LogP contribution in [0.3, 0.4) is 0 Å². The van der Waals surface area contributed by atoms with Crippen LogP contribution >= 0.6 is 11.3 Å². The quantitative estimate of drug-likeness (QED) is 0.892. The highest BCUT2D eigenvalue weighted by atomic mass is 32.1. The lowest BCUT2D eigenvalue weighted by atomic mass is 9.84. The molecule has 2 nitrogen and oxygen atoms in total. The first-order chi connectivity index (χ1) is 9.43. The zero-order chi connectivity index (χ0) is 14.3. The van der Waals surface area contributed by atoms with Crippen molar-refractivity contribution in [2.45, 2.75) is 71.4 Å². The van der Waals surface area contributed by atoms with Crippen molar-refractivity contribution >= 4 is 11.3 Å². The molecule has 2 bridgehead atoms. The van der Waals surface area contributed by atoms with E-state index in [9.17, 15) is 0 Å². The molecule has 0 aromatic carbocycles. The number of nitrogens with one attached hydrogen (secondary N) is 1. The van der Waals surface area contributed by atoms with Gasteiger partial charge < -0.3 is 5.32 Å². The molecule has 0 radical (unpaired) electrons. The van der Waals surface area contributed by atoms with Crippen LogP contribution in [0.2, 0.25) is 0 Å². The van der Waals surface area contributed by atoms with E-state index in [1.165, 1.54) is 35.6 Å². The molecule has 0 saturated heterocycles. The molecule has 1 N–H and O–H groups in total. The van der Waals surface area contributed by atoms with Gasteiger partial charge in [-0.2, -0.15) is 0 Å². The maximum atomic E-state index is 4.58. The monoisotopic (exact) mass is 292 g/mol. The van der Waals surface area contributed by atoms with Crippen LogP contribution in [-0.2, 0) is 12.0 Å². The normalized spacial score (nSPS) is 30.9. The summed E-state index contributed by atoms with van der Waals surface area (Å²) >= 11 is 1.87. The number of hydrogen-bond acceptors (Lipinski definition) is 3. The molecule has 3 heteroatoms. The van der Waals surface area contributed by atoms with E-state index in [4.69, 9.17) is 0 Å². The summed E-state index contributed by atoms with van der Waals surface area (Å²) in [6, 6.07) is 0.658. The molecule has 1 aromatic heterocycles. The fourth-order valence-corrected chi connectivity index (χ4v) is 4.98. The second-order valence-electron chi connectivity index (χ2n) is 7.89. The zero-order valence-electron chi connectivity index (χ0n) is 13.3. The highest BCUT2D eigenvalue weighted by Crippen LogP contribution is 2.49. The first kappa shape index (κ1) is 14.5. The second kappa shape index (κ2) is 5.42. The summed E-state index contributed by atoms with van der Waals surface area (Å²) in [5.74, 6) is 2.98. The van der Waals surface area contributed by atoms with Gasteiger partial charge in [-0.1, -0.05) is 27.2 Å². The van der Waals surface area contributed by atoms with E-state index < -0.39 is 0 Å². The van der Waals surface area contributed by atoms with Gasteiger partial charge in [0.25, 0.3) is 0 Å². The van der Waals surface area contributed by atoms with Crippen LogP contribution in [0.15, 0.2) is 6.20 Å². The molecule has 1 aromatic rings. The van der Waals surface area contributed by atoms with Crippen LogP contribution in [0.4, 0.5) is 0 Å². The topological polar surface area (TPSA) is 24.9 Å². The van der Waals surface area contributed by atoms with E-state index in [-0.39, 0.29) is 5.41 Å². The first-order valence-corrected chi connectivity index (χ1v) is 8.93. The van der Waals surface area contributed by atoms with Crippen molar-refractivity contribution in [1.29, 1.82) is 0 Å². The summed E-state index contributed by atoms with van der Waals surface area (Å²) in [5, 5.41) is 5.01. The van der Waals surface area contributed by atoms with E-state index in [0.717, 1.165) is 24.3 Å². The molecule has 20 heavy (non-hydrogen) atoms. The van der Waals surface area contributed by atoms with Gasteiger partial charge in [-0.25, -0.2) is 4.98 Å². The Bertz CT molecular complexity index is 460. The summed E-state index contributed by atoms with van der Waals surface area (Å²) in [7, 11) is 0. The Morgan fingerprint density at radius 2 is 2.15 bits per heavy atom. The molecule has 1 heterocycles. The third-order valence-corrected chi connectivity index (χ3v) is 6.65. The van der Waals surface area contributed by atoms with Crippen molar-refractivity contribution in [2.75, 3.05) is 0 Å². The third kappa shape index (κ3) is 2.94. The molecular weight excluding hydrogens is 264 g/mol. The minimum Gasteiger partial charge on any atom is -0.309 e. The zero-order valence-corrected chi connectivity index (χ0v) is 14.1. The summed E-state index contributed by atoms with van der Waals surface area (Å²) in [4.78, 5) is 5.96. The van der Waals surface area contributed by atoms with E-state index in [2.05, 4.69) is 44.2 Å². The molecule has 0 spiro atoms. The van der Waals surface area contributed by atoms with E-state index >= 15 is 0 Å². The Hall–Kier alpha value is -0.410. The Balaban J connectivity index is 1.53. The molecular formula is C17H28N2S. The van der Waals surface area contributed by atoms with Gasteiger partial charge in [0.2, 0.25) is 0 Å². The number of nitrogens with zero attached hydrogens (tertiary/aromatic N) is 1. The van der Waals surface area contributed by atoms with Gasteiger partial charge in [-0.05, 0) is 43.9 Å². The minimum absolute atomic E-state index is 0.180. The molecule has 0 amide bonds. The number of aromatic nitrogens is 1. The fraction of sp³-hybridized carbons (Fsp3) is 0.824. The largest absolute Gasteiger partial charge is 0.309 e. The number of rotatable bonds is 4. The van der Waals surface area contributed by atoms with Gasteiger partial charge in [0, 0.05) is 29.1 Å². The second-order valence-corrected chi connectivity index (χ2v) is 9.01. The average molecular weight is 292 g/mol. The maximum absolute atomic E-state index is 4.58. The number of fused-ring (bicyclic) bond motifs is 2. The highest BCUT2D eigenvalue weighted by Gasteiger charge is 2.41. The van der Waals surface area contributed by atoms with E-state index in [1.807, 2.05) is 11.3 Å². The summed E-state index contributed by atoms with van der Waals surface area (Å²) in [6.07, 6.45) is 8.01. The molecule has 112 valence electrons. The standard InChI is InChI=1S/C17H28N2S/c1-11(15-8-12-5-6-13(15)7-12)18-9-14-10-19-16(20-14)17(2,3)4/h10-13,15,18H,5-9H2,1-4H3. The minimum atomic E-state index is 0.180. The summed E-state index contributed by atoms with van der Waals surface area (Å²) < 4.78 is 0. The van der Waals surface area contributed by atoms with Gasteiger partial charge in [-0.15, -0.1) is 11.3 Å². The van der Waals surface area contributed by atoms with Gasteiger partial charge in [0.15, 0.2) is 0 Å². The SMILES string of the molecule is CC(NCc1cnc(C(C)(C)C)s1)C1CC2CCC1C2. The predicted molar refractivity (Wildman–Crippen MR) is 86.1 cm³/mol. The molecule has 4 unspecified atom stereocenters. The molecule has 4 atom stereocenters. The van der Waals surface area contributed by atoms with Crippen molar-refractivity contribution in [2.24, 2.45) is 17.8 Å². The average Bonchev–Trinajstić information content (AvgIpc) is 3.10. The lowest BCUT2D eigenvalue weighted by Gasteiger charge is -2.28. The lowest BCUT2D eigenvalue weighted by Crippen LogP contribution is -2.35. The van der Waals surface area contributed by atoms with Crippen LogP contribution in [0, 0.1) is 17.8 Å². The van der Waals surface area contributed by atoms with Crippen LogP contribution in [-0.4, -0.2) is 11.0 Å². The van der Waals surface area contributed by atoms with Gasteiger partial charge in [0.05, 0.1) is 5.01 Å². The fourth-order valence-electron chi connectivity index (χ4n) is 4.06. The van der Waals surface area contributed by atoms with Crippen LogP contribution < -0.4 is 5.32 Å². The molecule has 2 saturated carbocycles. The first-order valence-electron chi connectivity index (χ1n) is 8.12. The van der Waals surface area contributed by atoms with Crippen LogP contribution in [0.1, 0.15) is 63.3 Å². The van der Waals surface area contributed by atoms with E-state index in [0.29, 0.717) is 6.04 Å². The van der Waals surface area contributed by atoms with Crippen LogP contribution in [0.25, 0.3) is 0 Å². The van der Waals surface area contributed by atoms with Crippen molar-refractivity contribution in [3.63, 3.8) is 0 Å². The lowest BCUT2D eigenvalue weighted by molar-refractivity contribution is 0.260. The number of hydrogen-bond donors (Lipinski definition) is 1. The number of thiazole rings is 1. The molecule has 2 aliphatic rings. The third-order valence-electron chi connectivity index (χ3n) is 5.23. The highest BCUT2D eigenvalue weighted by molar-refractivity contribution is 7.11. The van der Waals surface area contributed by atoms with Crippen molar-refractivity contribution in [3.05, 3.63) is 16.1 Å². The van der Waals surface area contributed by atoms with Crippen molar-refractivity contribution < 1.29 is 0 Å². The van der Waals surface area contributed by atoms with Crippen molar-refractivity contribution in [3.8, 4) is 0 Å². The van der Waals surface area contributed by atoms with Gasteiger partial charge in [0.1, 0.15) is 0 Å². The Morgan fingerprint density at radius 3 is 2.70 bits per heavy atom.